The molecule has 0 aliphatic carbocycles. The minimum absolute atomic E-state index is 0.0125. The predicted octanol–water partition coefficient (Wildman–Crippen LogP) is 3.75. The SMILES string of the molecule is O=C1CCSc2ccc(C(=O)NCCc3ccc(Cl)cc3)cc2N1. The number of benzene rings is 2. The lowest BCUT2D eigenvalue weighted by Crippen LogP contribution is -2.25. The van der Waals surface area contributed by atoms with Crippen LogP contribution >= 0.6 is 23.4 Å². The molecule has 4 nitrogen and oxygen atoms in total. The Balaban J connectivity index is 1.60. The smallest absolute Gasteiger partial charge is 0.251 e. The van der Waals surface area contributed by atoms with Gasteiger partial charge in [0.15, 0.2) is 0 Å². The molecule has 2 N–H and O–H groups in total. The number of anilines is 1. The van der Waals surface area contributed by atoms with E-state index in [2.05, 4.69) is 10.6 Å². The zero-order chi connectivity index (χ0) is 16.9. The van der Waals surface area contributed by atoms with Gasteiger partial charge in [-0.2, -0.15) is 0 Å². The maximum atomic E-state index is 12.3. The topological polar surface area (TPSA) is 58.2 Å². The van der Waals surface area contributed by atoms with Crippen LogP contribution in [0.25, 0.3) is 0 Å². The Kier molecular flexibility index (Phi) is 5.43. The highest BCUT2D eigenvalue weighted by atomic mass is 35.5. The minimum atomic E-state index is -0.143. The Bertz CT molecular complexity index is 762. The van der Waals surface area contributed by atoms with E-state index in [1.807, 2.05) is 30.3 Å². The average Bonchev–Trinajstić information content (AvgIpc) is 2.76. The number of hydrogen-bond donors (Lipinski definition) is 2. The van der Waals surface area contributed by atoms with Crippen molar-refractivity contribution in [3.05, 3.63) is 58.6 Å². The van der Waals surface area contributed by atoms with E-state index < -0.39 is 0 Å². The van der Waals surface area contributed by atoms with Crippen molar-refractivity contribution >= 4 is 40.9 Å². The molecule has 6 heteroatoms. The maximum absolute atomic E-state index is 12.3. The lowest BCUT2D eigenvalue weighted by atomic mass is 10.1. The number of nitrogens with one attached hydrogen (secondary N) is 2. The molecule has 0 saturated carbocycles. The molecule has 2 aromatic carbocycles. The van der Waals surface area contributed by atoms with Gasteiger partial charge in [0.05, 0.1) is 5.69 Å². The largest absolute Gasteiger partial charge is 0.352 e. The van der Waals surface area contributed by atoms with Gasteiger partial charge in [-0.25, -0.2) is 0 Å². The van der Waals surface area contributed by atoms with E-state index in [4.69, 9.17) is 11.6 Å². The molecule has 0 spiro atoms. The number of amides is 2. The van der Waals surface area contributed by atoms with Crippen molar-refractivity contribution in [3.63, 3.8) is 0 Å². The quantitative estimate of drug-likeness (QED) is 0.873. The molecule has 3 rings (SSSR count). The molecular formula is C18H17ClN2O2S. The summed E-state index contributed by atoms with van der Waals surface area (Å²) in [4.78, 5) is 24.9. The fourth-order valence-electron chi connectivity index (χ4n) is 2.43. The molecule has 124 valence electrons. The maximum Gasteiger partial charge on any atom is 0.251 e. The lowest BCUT2D eigenvalue weighted by Gasteiger charge is -2.10. The standard InChI is InChI=1S/C18H17ClN2O2S/c19-14-4-1-12(2-5-14)7-9-20-18(23)13-3-6-16-15(11-13)21-17(22)8-10-24-16/h1-6,11H,7-10H2,(H,20,23)(H,21,22). The Hall–Kier alpha value is -1.98. The van der Waals surface area contributed by atoms with Gasteiger partial charge in [-0.1, -0.05) is 23.7 Å². The predicted molar refractivity (Wildman–Crippen MR) is 97.9 cm³/mol. The highest BCUT2D eigenvalue weighted by Gasteiger charge is 2.15. The zero-order valence-electron chi connectivity index (χ0n) is 13.0. The summed E-state index contributed by atoms with van der Waals surface area (Å²) < 4.78 is 0. The van der Waals surface area contributed by atoms with Crippen LogP contribution in [-0.4, -0.2) is 24.1 Å². The van der Waals surface area contributed by atoms with Crippen LogP contribution in [0.15, 0.2) is 47.4 Å². The van der Waals surface area contributed by atoms with Gasteiger partial charge in [0.25, 0.3) is 5.91 Å². The fraction of sp³-hybridized carbons (Fsp3) is 0.222. The molecule has 0 atom stereocenters. The number of rotatable bonds is 4. The van der Waals surface area contributed by atoms with Gasteiger partial charge in [-0.05, 0) is 42.3 Å². The monoisotopic (exact) mass is 360 g/mol. The summed E-state index contributed by atoms with van der Waals surface area (Å²) in [7, 11) is 0. The summed E-state index contributed by atoms with van der Waals surface area (Å²) in [5, 5.41) is 6.46. The number of hydrogen-bond acceptors (Lipinski definition) is 3. The van der Waals surface area contributed by atoms with Crippen LogP contribution in [-0.2, 0) is 11.2 Å². The van der Waals surface area contributed by atoms with Gasteiger partial charge >= 0.3 is 0 Å². The van der Waals surface area contributed by atoms with Crippen LogP contribution < -0.4 is 10.6 Å². The van der Waals surface area contributed by atoms with Crippen LogP contribution in [0.4, 0.5) is 5.69 Å². The fourth-order valence-corrected chi connectivity index (χ4v) is 3.50. The van der Waals surface area contributed by atoms with E-state index in [0.29, 0.717) is 29.2 Å². The molecule has 1 aliphatic rings. The molecule has 0 radical (unpaired) electrons. The first-order valence-corrected chi connectivity index (χ1v) is 9.07. The highest BCUT2D eigenvalue weighted by Crippen LogP contribution is 2.31. The van der Waals surface area contributed by atoms with Crippen LogP contribution in [0.1, 0.15) is 22.3 Å². The van der Waals surface area contributed by atoms with E-state index in [-0.39, 0.29) is 11.8 Å². The van der Waals surface area contributed by atoms with E-state index in [1.54, 1.807) is 23.9 Å². The van der Waals surface area contributed by atoms with Crippen LogP contribution in [0.2, 0.25) is 5.02 Å². The van der Waals surface area contributed by atoms with E-state index in [0.717, 1.165) is 22.6 Å². The van der Waals surface area contributed by atoms with Crippen LogP contribution in [0, 0.1) is 0 Å². The number of halogens is 1. The minimum Gasteiger partial charge on any atom is -0.352 e. The second-order valence-corrected chi connectivity index (χ2v) is 7.06. The summed E-state index contributed by atoms with van der Waals surface area (Å²) in [6.45, 7) is 0.540. The van der Waals surface area contributed by atoms with Crippen molar-refractivity contribution in [2.45, 2.75) is 17.7 Å². The molecule has 24 heavy (non-hydrogen) atoms. The zero-order valence-corrected chi connectivity index (χ0v) is 14.5. The normalized spacial score (nSPS) is 13.6. The number of carbonyl (C=O) groups excluding carboxylic acids is 2. The average molecular weight is 361 g/mol. The van der Waals surface area contributed by atoms with Gasteiger partial charge < -0.3 is 10.6 Å². The Morgan fingerprint density at radius 1 is 1.21 bits per heavy atom. The van der Waals surface area contributed by atoms with Crippen molar-refractivity contribution in [3.8, 4) is 0 Å². The molecule has 0 saturated heterocycles. The van der Waals surface area contributed by atoms with E-state index in [9.17, 15) is 9.59 Å². The molecule has 0 aromatic heterocycles. The van der Waals surface area contributed by atoms with Gasteiger partial charge in [0.1, 0.15) is 0 Å². The molecule has 0 unspecified atom stereocenters. The lowest BCUT2D eigenvalue weighted by molar-refractivity contribution is -0.115. The molecule has 0 bridgehead atoms. The Morgan fingerprint density at radius 2 is 2.00 bits per heavy atom. The van der Waals surface area contributed by atoms with Crippen molar-refractivity contribution in [2.75, 3.05) is 17.6 Å². The van der Waals surface area contributed by atoms with Gasteiger partial charge in [0.2, 0.25) is 5.91 Å². The van der Waals surface area contributed by atoms with Gasteiger partial charge in [-0.15, -0.1) is 11.8 Å². The number of thioether (sulfide) groups is 1. The van der Waals surface area contributed by atoms with Crippen molar-refractivity contribution in [1.29, 1.82) is 0 Å². The first-order chi connectivity index (χ1) is 11.6. The highest BCUT2D eigenvalue weighted by molar-refractivity contribution is 7.99. The summed E-state index contributed by atoms with van der Waals surface area (Å²) in [6, 6.07) is 13.0. The van der Waals surface area contributed by atoms with Crippen LogP contribution in [0.5, 0.6) is 0 Å². The summed E-state index contributed by atoms with van der Waals surface area (Å²) >= 11 is 7.48. The third kappa shape index (κ3) is 4.30. The van der Waals surface area contributed by atoms with Gasteiger partial charge in [-0.3, -0.25) is 9.59 Å². The van der Waals surface area contributed by atoms with E-state index >= 15 is 0 Å². The second kappa shape index (κ2) is 7.73. The molecular weight excluding hydrogens is 344 g/mol. The van der Waals surface area contributed by atoms with Gasteiger partial charge in [0, 0.05) is 34.2 Å². The first kappa shape index (κ1) is 16.9. The van der Waals surface area contributed by atoms with E-state index in [1.165, 1.54) is 0 Å². The Morgan fingerprint density at radius 3 is 2.79 bits per heavy atom. The summed E-state index contributed by atoms with van der Waals surface area (Å²) in [6.07, 6.45) is 1.22. The molecule has 2 aromatic rings. The second-order valence-electron chi connectivity index (χ2n) is 5.49. The molecule has 1 heterocycles. The number of fused-ring (bicyclic) bond motifs is 1. The third-order valence-corrected chi connectivity index (χ3v) is 5.04. The molecule has 0 fully saturated rings. The molecule has 1 aliphatic heterocycles. The third-order valence-electron chi connectivity index (χ3n) is 3.72. The first-order valence-electron chi connectivity index (χ1n) is 7.71. The summed E-state index contributed by atoms with van der Waals surface area (Å²) in [5.74, 6) is 0.600. The summed E-state index contributed by atoms with van der Waals surface area (Å²) in [5.41, 5.74) is 2.38. The Labute approximate surface area is 150 Å². The molecule has 2 amide bonds. The number of carbonyl (C=O) groups is 2. The van der Waals surface area contributed by atoms with Crippen molar-refractivity contribution < 1.29 is 9.59 Å². The van der Waals surface area contributed by atoms with Crippen molar-refractivity contribution in [1.82, 2.24) is 5.32 Å². The van der Waals surface area contributed by atoms with Crippen molar-refractivity contribution in [2.24, 2.45) is 0 Å². The van der Waals surface area contributed by atoms with Crippen LogP contribution in [0.3, 0.4) is 0 Å².